The number of carbonyl (C=O) groups is 3. The molecule has 0 bridgehead atoms. The van der Waals surface area contributed by atoms with Crippen LogP contribution in [0.25, 0.3) is 0 Å². The van der Waals surface area contributed by atoms with Gasteiger partial charge in [0.2, 0.25) is 12.1 Å². The normalized spacial score (nSPS) is 17.7. The quantitative estimate of drug-likeness (QED) is 0.326. The number of hydrogen-bond acceptors (Lipinski definition) is 6. The summed E-state index contributed by atoms with van der Waals surface area (Å²) in [4.78, 5) is 37.0. The number of amides is 2. The van der Waals surface area contributed by atoms with Gasteiger partial charge in [-0.15, -0.1) is 0 Å². The number of ether oxygens (including phenoxy) is 1. The molecule has 0 saturated heterocycles. The van der Waals surface area contributed by atoms with Crippen LogP contribution < -0.4 is 21.3 Å². The summed E-state index contributed by atoms with van der Waals surface area (Å²) >= 11 is 0. The number of fused-ring (bicyclic) bond motifs is 1. The lowest BCUT2D eigenvalue weighted by molar-refractivity contribution is -0.202. The molecule has 0 aromatic heterocycles. The van der Waals surface area contributed by atoms with Crippen molar-refractivity contribution in [2.45, 2.75) is 51.2 Å². The SMILES string of the molecule is CCC(=O)N1c2ccccc2[C@H](Nc2ccc(NC(=O)C#CC(N)OC(=O)C(F)(F)F)cc2)C[C@@H]1C. The van der Waals surface area contributed by atoms with Crippen molar-refractivity contribution >= 4 is 34.8 Å². The molecule has 1 unspecified atom stereocenters. The summed E-state index contributed by atoms with van der Waals surface area (Å²) in [5.41, 5.74) is 8.22. The molecule has 3 rings (SSSR count). The third-order valence-electron chi connectivity index (χ3n) is 5.44. The molecule has 2 aromatic carbocycles. The number of carbonyl (C=O) groups excluding carboxylic acids is 3. The van der Waals surface area contributed by atoms with Gasteiger partial charge < -0.3 is 20.3 Å². The fraction of sp³-hybridized carbons (Fsp3) is 0.320. The van der Waals surface area contributed by atoms with Crippen LogP contribution in [0, 0.1) is 11.8 Å². The summed E-state index contributed by atoms with van der Waals surface area (Å²) in [7, 11) is 0. The van der Waals surface area contributed by atoms with Gasteiger partial charge in [0, 0.05) is 35.4 Å². The molecule has 4 N–H and O–H groups in total. The Hall–Kier alpha value is -4.04. The van der Waals surface area contributed by atoms with E-state index in [9.17, 15) is 27.6 Å². The fourth-order valence-corrected chi connectivity index (χ4v) is 3.86. The largest absolute Gasteiger partial charge is 0.491 e. The van der Waals surface area contributed by atoms with Crippen LogP contribution in [-0.4, -0.2) is 36.2 Å². The van der Waals surface area contributed by atoms with Crippen molar-refractivity contribution in [1.29, 1.82) is 0 Å². The molecule has 0 radical (unpaired) electrons. The molecular weight excluding hydrogens is 477 g/mol. The maximum absolute atomic E-state index is 12.5. The number of para-hydroxylation sites is 1. The number of benzene rings is 2. The number of halogens is 3. The van der Waals surface area contributed by atoms with E-state index in [1.54, 1.807) is 24.3 Å². The van der Waals surface area contributed by atoms with Crippen molar-refractivity contribution < 1.29 is 32.3 Å². The highest BCUT2D eigenvalue weighted by molar-refractivity contribution is 6.04. The minimum absolute atomic E-state index is 0.00348. The lowest BCUT2D eigenvalue weighted by Crippen LogP contribution is -2.44. The number of hydrogen-bond donors (Lipinski definition) is 3. The van der Waals surface area contributed by atoms with Crippen LogP contribution in [0.1, 0.15) is 38.3 Å². The predicted molar refractivity (Wildman–Crippen MR) is 128 cm³/mol. The highest BCUT2D eigenvalue weighted by Crippen LogP contribution is 2.39. The minimum atomic E-state index is -5.21. The topological polar surface area (TPSA) is 114 Å². The summed E-state index contributed by atoms with van der Waals surface area (Å²) in [6.45, 7) is 3.85. The van der Waals surface area contributed by atoms with Crippen LogP contribution in [-0.2, 0) is 19.1 Å². The van der Waals surface area contributed by atoms with E-state index < -0.39 is 24.3 Å². The Bertz CT molecular complexity index is 1190. The van der Waals surface area contributed by atoms with Crippen LogP contribution in [0.15, 0.2) is 48.5 Å². The van der Waals surface area contributed by atoms with Crippen molar-refractivity contribution in [3.63, 3.8) is 0 Å². The van der Waals surface area contributed by atoms with Crippen LogP contribution in [0.4, 0.5) is 30.2 Å². The third kappa shape index (κ3) is 6.55. The molecule has 0 fully saturated rings. The van der Waals surface area contributed by atoms with Crippen molar-refractivity contribution in [2.75, 3.05) is 15.5 Å². The van der Waals surface area contributed by atoms with Gasteiger partial charge in [-0.05, 0) is 55.2 Å². The molecule has 1 heterocycles. The number of esters is 1. The molecule has 2 aromatic rings. The van der Waals surface area contributed by atoms with Crippen LogP contribution in [0.5, 0.6) is 0 Å². The summed E-state index contributed by atoms with van der Waals surface area (Å²) in [6.07, 6.45) is -5.99. The monoisotopic (exact) mass is 502 g/mol. The summed E-state index contributed by atoms with van der Waals surface area (Å²) in [5, 5.41) is 5.92. The molecule has 8 nitrogen and oxygen atoms in total. The average molecular weight is 502 g/mol. The molecule has 0 spiro atoms. The van der Waals surface area contributed by atoms with E-state index in [1.165, 1.54) is 0 Å². The van der Waals surface area contributed by atoms with E-state index in [1.807, 2.05) is 54.9 Å². The van der Waals surface area contributed by atoms with E-state index in [4.69, 9.17) is 5.73 Å². The number of alkyl halides is 3. The first kappa shape index (κ1) is 26.6. The first-order valence-corrected chi connectivity index (χ1v) is 11.1. The number of rotatable bonds is 5. The second kappa shape index (κ2) is 11.1. The fourth-order valence-electron chi connectivity index (χ4n) is 3.86. The lowest BCUT2D eigenvalue weighted by Gasteiger charge is -2.40. The number of nitrogens with one attached hydrogen (secondary N) is 2. The lowest BCUT2D eigenvalue weighted by atomic mass is 9.91. The van der Waals surface area contributed by atoms with E-state index in [0.717, 1.165) is 16.9 Å². The Labute approximate surface area is 206 Å². The van der Waals surface area contributed by atoms with Gasteiger partial charge in [0.05, 0.1) is 6.04 Å². The summed E-state index contributed by atoms with van der Waals surface area (Å²) in [5.74, 6) is 0.647. The van der Waals surface area contributed by atoms with Gasteiger partial charge in [0.15, 0.2) is 0 Å². The number of nitrogens with two attached hydrogens (primary N) is 1. The van der Waals surface area contributed by atoms with E-state index in [0.29, 0.717) is 18.5 Å². The molecule has 36 heavy (non-hydrogen) atoms. The Balaban J connectivity index is 1.63. The maximum atomic E-state index is 12.5. The zero-order chi connectivity index (χ0) is 26.5. The molecule has 190 valence electrons. The van der Waals surface area contributed by atoms with Gasteiger partial charge in [-0.2, -0.15) is 13.2 Å². The van der Waals surface area contributed by atoms with E-state index >= 15 is 0 Å². The van der Waals surface area contributed by atoms with Crippen molar-refractivity contribution in [2.24, 2.45) is 5.73 Å². The predicted octanol–water partition coefficient (Wildman–Crippen LogP) is 3.71. The first-order valence-electron chi connectivity index (χ1n) is 11.1. The van der Waals surface area contributed by atoms with Crippen LogP contribution in [0.2, 0.25) is 0 Å². The van der Waals surface area contributed by atoms with Gasteiger partial charge in [0.1, 0.15) is 0 Å². The Morgan fingerprint density at radius 2 is 1.78 bits per heavy atom. The Morgan fingerprint density at radius 3 is 2.42 bits per heavy atom. The molecule has 1 aliphatic rings. The number of nitrogens with zero attached hydrogens (tertiary/aromatic N) is 1. The molecule has 3 atom stereocenters. The highest BCUT2D eigenvalue weighted by Gasteiger charge is 2.41. The van der Waals surface area contributed by atoms with Crippen molar-refractivity contribution in [3.8, 4) is 11.8 Å². The van der Waals surface area contributed by atoms with Crippen LogP contribution in [0.3, 0.4) is 0 Å². The maximum Gasteiger partial charge on any atom is 0.491 e. The van der Waals surface area contributed by atoms with Gasteiger partial charge in [-0.25, -0.2) is 4.79 Å². The molecule has 0 aliphatic carbocycles. The first-order chi connectivity index (χ1) is 17.0. The third-order valence-corrected chi connectivity index (χ3v) is 5.44. The van der Waals surface area contributed by atoms with Crippen molar-refractivity contribution in [3.05, 3.63) is 54.1 Å². The summed E-state index contributed by atoms with van der Waals surface area (Å²) < 4.78 is 40.4. The van der Waals surface area contributed by atoms with E-state index in [-0.39, 0.29) is 18.0 Å². The van der Waals surface area contributed by atoms with E-state index in [2.05, 4.69) is 15.4 Å². The minimum Gasteiger partial charge on any atom is -0.429 e. The van der Waals surface area contributed by atoms with Gasteiger partial charge in [0.25, 0.3) is 5.91 Å². The number of anilines is 3. The standard InChI is InChI=1S/C25H25F3N4O4/c1-3-23(34)32-15(2)14-19(18-6-4-5-7-20(18)32)30-16-8-10-17(11-9-16)31-22(33)13-12-21(29)36-24(35)25(26,27)28/h4-11,15,19,21,30H,3,14,29H2,1-2H3,(H,31,33)/t15-,19+,21?/m0/s1. The second-order valence-electron chi connectivity index (χ2n) is 8.08. The molecule has 11 heteroatoms. The summed E-state index contributed by atoms with van der Waals surface area (Å²) in [6, 6.07) is 14.4. The van der Waals surface area contributed by atoms with Crippen molar-refractivity contribution in [1.82, 2.24) is 0 Å². The Morgan fingerprint density at radius 1 is 1.14 bits per heavy atom. The smallest absolute Gasteiger partial charge is 0.429 e. The zero-order valence-electron chi connectivity index (χ0n) is 19.6. The molecule has 0 saturated carbocycles. The van der Waals surface area contributed by atoms with Gasteiger partial charge in [-0.1, -0.05) is 25.1 Å². The van der Waals surface area contributed by atoms with Gasteiger partial charge >= 0.3 is 12.1 Å². The van der Waals surface area contributed by atoms with Crippen LogP contribution >= 0.6 is 0 Å². The molecular formula is C25H25F3N4O4. The highest BCUT2D eigenvalue weighted by atomic mass is 19.4. The molecule has 2 amide bonds. The van der Waals surface area contributed by atoms with Gasteiger partial charge in [-0.3, -0.25) is 15.3 Å². The molecule has 1 aliphatic heterocycles. The Kier molecular flexibility index (Phi) is 8.22. The zero-order valence-corrected chi connectivity index (χ0v) is 19.6. The average Bonchev–Trinajstić information content (AvgIpc) is 2.83. The second-order valence-corrected chi connectivity index (χ2v) is 8.08.